The summed E-state index contributed by atoms with van der Waals surface area (Å²) in [6, 6.07) is 8.83. The summed E-state index contributed by atoms with van der Waals surface area (Å²) >= 11 is 0. The summed E-state index contributed by atoms with van der Waals surface area (Å²) in [5, 5.41) is 12.5. The standard InChI is InChI=1S/C16H16FN5/c17-12-1-3-13(4-2-12)21-14-5-9-22(10-6-14)16-15(11-18)19-7-8-20-16/h1-4,7-8,14,21H,5-6,9-10H2. The number of benzene rings is 1. The first-order chi connectivity index (χ1) is 10.8. The van der Waals surface area contributed by atoms with Gasteiger partial charge in [0, 0.05) is 37.2 Å². The lowest BCUT2D eigenvalue weighted by molar-refractivity contribution is 0.522. The van der Waals surface area contributed by atoms with Crippen molar-refractivity contribution in [3.8, 4) is 6.07 Å². The highest BCUT2D eigenvalue weighted by atomic mass is 19.1. The van der Waals surface area contributed by atoms with Gasteiger partial charge in [-0.25, -0.2) is 14.4 Å². The van der Waals surface area contributed by atoms with Crippen LogP contribution in [0.5, 0.6) is 0 Å². The van der Waals surface area contributed by atoms with Crippen molar-refractivity contribution in [1.82, 2.24) is 9.97 Å². The SMILES string of the molecule is N#Cc1nccnc1N1CCC(Nc2ccc(F)cc2)CC1. The smallest absolute Gasteiger partial charge is 0.183 e. The average Bonchev–Trinajstić information content (AvgIpc) is 2.58. The molecule has 22 heavy (non-hydrogen) atoms. The van der Waals surface area contributed by atoms with E-state index in [-0.39, 0.29) is 5.82 Å². The van der Waals surface area contributed by atoms with Gasteiger partial charge in [-0.2, -0.15) is 5.26 Å². The zero-order valence-electron chi connectivity index (χ0n) is 12.0. The Balaban J connectivity index is 1.61. The molecule has 1 aliphatic heterocycles. The Morgan fingerprint density at radius 2 is 1.82 bits per heavy atom. The van der Waals surface area contributed by atoms with E-state index < -0.39 is 0 Å². The first kappa shape index (κ1) is 14.3. The van der Waals surface area contributed by atoms with E-state index in [9.17, 15) is 4.39 Å². The number of anilines is 2. The van der Waals surface area contributed by atoms with Crippen LogP contribution in [-0.2, 0) is 0 Å². The normalized spacial score (nSPS) is 15.4. The van der Waals surface area contributed by atoms with Gasteiger partial charge in [-0.1, -0.05) is 0 Å². The van der Waals surface area contributed by atoms with Crippen molar-refractivity contribution in [2.75, 3.05) is 23.3 Å². The number of nitriles is 1. The Morgan fingerprint density at radius 3 is 2.50 bits per heavy atom. The molecule has 0 spiro atoms. The van der Waals surface area contributed by atoms with Crippen molar-refractivity contribution in [3.63, 3.8) is 0 Å². The second kappa shape index (κ2) is 6.39. The molecule has 3 rings (SSSR count). The van der Waals surface area contributed by atoms with E-state index in [2.05, 4.69) is 26.3 Å². The number of rotatable bonds is 3. The van der Waals surface area contributed by atoms with E-state index in [4.69, 9.17) is 5.26 Å². The number of hydrogen-bond donors (Lipinski definition) is 1. The third kappa shape index (κ3) is 3.14. The molecule has 1 fully saturated rings. The third-order valence-corrected chi connectivity index (χ3v) is 3.79. The van der Waals surface area contributed by atoms with Crippen LogP contribution >= 0.6 is 0 Å². The van der Waals surface area contributed by atoms with Gasteiger partial charge >= 0.3 is 0 Å². The lowest BCUT2D eigenvalue weighted by Gasteiger charge is -2.33. The highest BCUT2D eigenvalue weighted by molar-refractivity contribution is 5.50. The van der Waals surface area contributed by atoms with Gasteiger partial charge in [-0.3, -0.25) is 0 Å². The fourth-order valence-corrected chi connectivity index (χ4v) is 2.66. The van der Waals surface area contributed by atoms with E-state index in [1.165, 1.54) is 18.3 Å². The van der Waals surface area contributed by atoms with Gasteiger partial charge in [0.05, 0.1) is 0 Å². The Bertz CT molecular complexity index is 672. The summed E-state index contributed by atoms with van der Waals surface area (Å²) in [5.41, 5.74) is 1.30. The van der Waals surface area contributed by atoms with Gasteiger partial charge in [0.25, 0.3) is 0 Å². The van der Waals surface area contributed by atoms with Gasteiger partial charge in [0.1, 0.15) is 11.9 Å². The van der Waals surface area contributed by atoms with Crippen molar-refractivity contribution < 1.29 is 4.39 Å². The van der Waals surface area contributed by atoms with Crippen LogP contribution in [0.15, 0.2) is 36.7 Å². The van der Waals surface area contributed by atoms with Crippen molar-refractivity contribution in [2.45, 2.75) is 18.9 Å². The zero-order valence-corrected chi connectivity index (χ0v) is 12.0. The van der Waals surface area contributed by atoms with Crippen LogP contribution in [-0.4, -0.2) is 29.1 Å². The fraction of sp³-hybridized carbons (Fsp3) is 0.312. The summed E-state index contributed by atoms with van der Waals surface area (Å²) < 4.78 is 12.9. The molecule has 6 heteroatoms. The molecule has 112 valence electrons. The van der Waals surface area contributed by atoms with Crippen molar-refractivity contribution >= 4 is 11.5 Å². The summed E-state index contributed by atoms with van der Waals surface area (Å²) in [5.74, 6) is 0.428. The van der Waals surface area contributed by atoms with E-state index in [0.717, 1.165) is 31.6 Å². The molecule has 0 bridgehead atoms. The van der Waals surface area contributed by atoms with Crippen molar-refractivity contribution in [1.29, 1.82) is 5.26 Å². The molecular weight excluding hydrogens is 281 g/mol. The molecule has 0 amide bonds. The van der Waals surface area contributed by atoms with Crippen LogP contribution in [0.4, 0.5) is 15.9 Å². The number of hydrogen-bond acceptors (Lipinski definition) is 5. The van der Waals surface area contributed by atoms with Gasteiger partial charge in [0.15, 0.2) is 11.5 Å². The van der Waals surface area contributed by atoms with E-state index in [1.807, 2.05) is 0 Å². The largest absolute Gasteiger partial charge is 0.382 e. The zero-order chi connectivity index (χ0) is 15.4. The Morgan fingerprint density at radius 1 is 1.14 bits per heavy atom. The minimum atomic E-state index is -0.230. The first-order valence-electron chi connectivity index (χ1n) is 7.24. The minimum absolute atomic E-state index is 0.230. The maximum absolute atomic E-state index is 12.9. The maximum atomic E-state index is 12.9. The lowest BCUT2D eigenvalue weighted by Crippen LogP contribution is -2.40. The molecule has 1 aromatic carbocycles. The third-order valence-electron chi connectivity index (χ3n) is 3.79. The summed E-state index contributed by atoms with van der Waals surface area (Å²) in [4.78, 5) is 10.4. The lowest BCUT2D eigenvalue weighted by atomic mass is 10.0. The predicted molar refractivity (Wildman–Crippen MR) is 82.0 cm³/mol. The second-order valence-corrected chi connectivity index (χ2v) is 5.25. The molecule has 0 radical (unpaired) electrons. The quantitative estimate of drug-likeness (QED) is 0.943. The monoisotopic (exact) mass is 297 g/mol. The molecule has 2 heterocycles. The Kier molecular flexibility index (Phi) is 4.15. The molecule has 0 atom stereocenters. The number of halogens is 1. The van der Waals surface area contributed by atoms with Crippen LogP contribution in [0.3, 0.4) is 0 Å². The van der Waals surface area contributed by atoms with Gasteiger partial charge in [-0.15, -0.1) is 0 Å². The maximum Gasteiger partial charge on any atom is 0.183 e. The van der Waals surface area contributed by atoms with E-state index in [1.54, 1.807) is 18.3 Å². The van der Waals surface area contributed by atoms with Crippen molar-refractivity contribution in [3.05, 3.63) is 48.2 Å². The second-order valence-electron chi connectivity index (χ2n) is 5.25. The predicted octanol–water partition coefficient (Wildman–Crippen LogP) is 2.57. The van der Waals surface area contributed by atoms with Gasteiger partial charge in [0.2, 0.25) is 0 Å². The average molecular weight is 297 g/mol. The van der Waals surface area contributed by atoms with Crippen LogP contribution in [0.25, 0.3) is 0 Å². The highest BCUT2D eigenvalue weighted by Gasteiger charge is 2.22. The summed E-state index contributed by atoms with van der Waals surface area (Å²) in [7, 11) is 0. The Labute approximate surface area is 128 Å². The molecule has 2 aromatic rings. The van der Waals surface area contributed by atoms with E-state index in [0.29, 0.717) is 17.6 Å². The van der Waals surface area contributed by atoms with Gasteiger partial charge < -0.3 is 10.2 Å². The molecule has 1 saturated heterocycles. The number of nitrogens with zero attached hydrogens (tertiary/aromatic N) is 4. The highest BCUT2D eigenvalue weighted by Crippen LogP contribution is 2.22. The van der Waals surface area contributed by atoms with Crippen LogP contribution < -0.4 is 10.2 Å². The number of nitrogens with one attached hydrogen (secondary N) is 1. The number of aromatic nitrogens is 2. The topological polar surface area (TPSA) is 64.8 Å². The fourth-order valence-electron chi connectivity index (χ4n) is 2.66. The van der Waals surface area contributed by atoms with E-state index >= 15 is 0 Å². The number of piperidine rings is 1. The van der Waals surface area contributed by atoms with Crippen LogP contribution in [0.1, 0.15) is 18.5 Å². The first-order valence-corrected chi connectivity index (χ1v) is 7.24. The molecule has 5 nitrogen and oxygen atoms in total. The molecule has 1 aliphatic rings. The Hall–Kier alpha value is -2.68. The van der Waals surface area contributed by atoms with Gasteiger partial charge in [-0.05, 0) is 37.1 Å². The molecular formula is C16H16FN5. The van der Waals surface area contributed by atoms with Crippen LogP contribution in [0.2, 0.25) is 0 Å². The molecule has 1 aromatic heterocycles. The minimum Gasteiger partial charge on any atom is -0.382 e. The molecule has 1 N–H and O–H groups in total. The summed E-state index contributed by atoms with van der Waals surface area (Å²) in [6.45, 7) is 1.62. The molecule has 0 aliphatic carbocycles. The van der Waals surface area contributed by atoms with Crippen molar-refractivity contribution in [2.24, 2.45) is 0 Å². The molecule has 0 saturated carbocycles. The van der Waals surface area contributed by atoms with Crippen LogP contribution in [0, 0.1) is 17.1 Å². The summed E-state index contributed by atoms with van der Waals surface area (Å²) in [6.07, 6.45) is 5.00. The molecule has 0 unspecified atom stereocenters.